The molecule has 0 spiro atoms. The molecule has 2 amide bonds. The number of carbonyl (C=O) groups is 5. The number of ether oxygens (including phenoxy) is 15. The van der Waals surface area contributed by atoms with Crippen LogP contribution in [0, 0.1) is 0 Å². The lowest BCUT2D eigenvalue weighted by atomic mass is 9.92. The van der Waals surface area contributed by atoms with E-state index < -0.39 is 176 Å². The van der Waals surface area contributed by atoms with Crippen molar-refractivity contribution in [2.24, 2.45) is 5.11 Å². The lowest BCUT2D eigenvalue weighted by Crippen LogP contribution is -2.71. The molecule has 12 rings (SSSR count). The molecule has 1 aliphatic carbocycles. The summed E-state index contributed by atoms with van der Waals surface area (Å²) in [4.78, 5) is 74.4. The van der Waals surface area contributed by atoms with Crippen LogP contribution in [-0.4, -0.2) is 184 Å². The van der Waals surface area contributed by atoms with Crippen LogP contribution in [0.25, 0.3) is 21.6 Å². The molecule has 7 aromatic rings. The quantitative estimate of drug-likeness (QED) is 0.00578. The average molecular weight is 1750 g/mol. The predicted octanol–water partition coefficient (Wildman–Crippen LogP) is 14.9. The standard InChI is InChI=1S/C84H89Cl6N5O21Si/c1-6-42-101-76-68(93-80(99)108-50-84(88,89)90)72(71-63(110-76)47-105-75(114-71)54-30-16-9-17-31-54)115-77-67(92-79(98)107-49-83(85,86)87)66(94-95-91)69(62(111-77)46-102-65(97)41-40-51(2)96)113-78-74(116-81(100)106-45-61-59-38-24-22-36-57(59)58-37-23-25-39-60(58)61)73(104-44-53-28-14-8-15-29-53)70(103-43-52-26-12-7-13-27-52)64(112-78)48-109-117(82(3,4)5,55-32-18-10-19-33-55)56-34-20-11-21-35-56/h6-39,61-64,66-78H,1,40-50H2,2-5H3,(H,92,98)(H,93,99)/t62-,63-,64-,66-,67-,68-,69-,70-,71-,72-,73+,74-,75?,76+,77+,78+/m1/s1. The molecule has 0 bridgehead atoms. The van der Waals surface area contributed by atoms with Gasteiger partial charge in [0.1, 0.15) is 87.1 Å². The molecule has 4 saturated heterocycles. The molecule has 16 atom stereocenters. The Morgan fingerprint density at radius 1 is 0.556 bits per heavy atom. The van der Waals surface area contributed by atoms with Crippen LogP contribution >= 0.6 is 69.6 Å². The lowest BCUT2D eigenvalue weighted by Gasteiger charge is -2.52. The van der Waals surface area contributed by atoms with Gasteiger partial charge >= 0.3 is 24.3 Å². The third kappa shape index (κ3) is 23.0. The second-order valence-corrected chi connectivity index (χ2v) is 38.6. The fraction of sp³-hybridized carbons (Fsp3) is 0.417. The van der Waals surface area contributed by atoms with Crippen molar-refractivity contribution < 1.29 is 99.5 Å². The molecule has 0 aromatic heterocycles. The summed E-state index contributed by atoms with van der Waals surface area (Å²) in [6.07, 6.45) is -23.2. The van der Waals surface area contributed by atoms with Gasteiger partial charge in [-0.3, -0.25) is 4.79 Å². The maximum Gasteiger partial charge on any atom is 0.508 e. The number of Topliss-reactive ketones (excluding diaryl/α,β-unsaturated/α-hetero) is 1. The average Bonchev–Trinajstić information content (AvgIpc) is 1.67. The molecular formula is C84H89Cl6N5O21Si. The van der Waals surface area contributed by atoms with E-state index in [-0.39, 0.29) is 51.8 Å². The number of nitrogens with zero attached hydrogens (tertiary/aromatic N) is 3. The number of benzene rings is 7. The monoisotopic (exact) mass is 1740 g/mol. The Balaban J connectivity index is 1.02. The zero-order valence-electron chi connectivity index (χ0n) is 64.1. The van der Waals surface area contributed by atoms with Crippen LogP contribution in [0.2, 0.25) is 5.04 Å². The molecule has 4 aliphatic heterocycles. The largest absolute Gasteiger partial charge is 0.508 e. The van der Waals surface area contributed by atoms with E-state index in [1.165, 1.54) is 13.0 Å². The Labute approximate surface area is 708 Å². The Hall–Kier alpha value is -7.94. The first-order chi connectivity index (χ1) is 56.3. The van der Waals surface area contributed by atoms with E-state index in [9.17, 15) is 24.7 Å². The number of amides is 2. The molecule has 0 saturated carbocycles. The smallest absolute Gasteiger partial charge is 0.463 e. The molecule has 2 N–H and O–H groups in total. The molecule has 622 valence electrons. The van der Waals surface area contributed by atoms with Gasteiger partial charge in [0, 0.05) is 22.8 Å². The minimum absolute atomic E-state index is 0.0675. The van der Waals surface area contributed by atoms with Crippen molar-refractivity contribution in [3.63, 3.8) is 0 Å². The second-order valence-electron chi connectivity index (χ2n) is 29.3. The number of esters is 1. The van der Waals surface area contributed by atoms with Gasteiger partial charge in [0.15, 0.2) is 31.3 Å². The number of azide groups is 1. The number of alkyl halides is 6. The number of fused-ring (bicyclic) bond motifs is 4. The molecule has 1 unspecified atom stereocenters. The number of carbonyl (C=O) groups excluding carboxylic acids is 5. The van der Waals surface area contributed by atoms with Crippen molar-refractivity contribution in [2.45, 2.75) is 171 Å². The third-order valence-corrected chi connectivity index (χ3v) is 25.9. The number of hydrogen-bond acceptors (Lipinski definition) is 22. The molecular weight excluding hydrogens is 1660 g/mol. The van der Waals surface area contributed by atoms with E-state index in [0.29, 0.717) is 11.1 Å². The topological polar surface area (TPSA) is 306 Å². The van der Waals surface area contributed by atoms with Gasteiger partial charge in [-0.15, -0.1) is 6.58 Å². The molecule has 117 heavy (non-hydrogen) atoms. The first-order valence-corrected chi connectivity index (χ1v) is 42.0. The summed E-state index contributed by atoms with van der Waals surface area (Å²) >= 11 is 37.0. The van der Waals surface area contributed by atoms with Crippen LogP contribution in [0.5, 0.6) is 0 Å². The summed E-state index contributed by atoms with van der Waals surface area (Å²) in [5, 5.41) is 11.0. The molecule has 4 fully saturated rings. The van der Waals surface area contributed by atoms with Crippen molar-refractivity contribution in [1.29, 1.82) is 0 Å². The Morgan fingerprint density at radius 2 is 1.07 bits per heavy atom. The Kier molecular flexibility index (Phi) is 30.9. The molecule has 7 aromatic carbocycles. The fourth-order valence-corrected chi connectivity index (χ4v) is 19.9. The van der Waals surface area contributed by atoms with Crippen molar-refractivity contribution >= 4 is 118 Å². The van der Waals surface area contributed by atoms with Crippen LogP contribution in [0.1, 0.15) is 80.6 Å². The maximum absolute atomic E-state index is 15.5. The van der Waals surface area contributed by atoms with E-state index in [4.69, 9.17) is 145 Å². The van der Waals surface area contributed by atoms with Gasteiger partial charge in [-0.25, -0.2) is 14.4 Å². The van der Waals surface area contributed by atoms with E-state index in [1.54, 1.807) is 30.3 Å². The molecule has 4 heterocycles. The van der Waals surface area contributed by atoms with Crippen LogP contribution in [0.4, 0.5) is 14.4 Å². The van der Waals surface area contributed by atoms with Crippen LogP contribution in [0.15, 0.2) is 218 Å². The Morgan fingerprint density at radius 3 is 1.62 bits per heavy atom. The number of hydrogen-bond donors (Lipinski definition) is 2. The van der Waals surface area contributed by atoms with Gasteiger partial charge < -0.3 is 90.9 Å². The minimum atomic E-state index is -3.57. The van der Waals surface area contributed by atoms with E-state index >= 15 is 4.79 Å². The highest BCUT2D eigenvalue weighted by Gasteiger charge is 2.60. The minimum Gasteiger partial charge on any atom is -0.463 e. The van der Waals surface area contributed by atoms with Gasteiger partial charge in [-0.2, -0.15) is 0 Å². The first kappa shape index (κ1) is 88.3. The highest BCUT2D eigenvalue weighted by Crippen LogP contribution is 2.46. The summed E-state index contributed by atoms with van der Waals surface area (Å²) in [7, 11) is -3.57. The van der Waals surface area contributed by atoms with Crippen molar-refractivity contribution in [3.05, 3.63) is 251 Å². The number of alkyl carbamates (subject to hydrolysis) is 2. The van der Waals surface area contributed by atoms with Crippen molar-refractivity contribution in [3.8, 4) is 11.1 Å². The van der Waals surface area contributed by atoms with Gasteiger partial charge in [0.25, 0.3) is 8.32 Å². The summed E-state index contributed by atoms with van der Waals surface area (Å²) in [5.41, 5.74) is 16.8. The van der Waals surface area contributed by atoms with Gasteiger partial charge in [-0.05, 0) is 61.2 Å². The number of ketones is 1. The highest BCUT2D eigenvalue weighted by atomic mass is 35.6. The summed E-state index contributed by atoms with van der Waals surface area (Å²) in [6.45, 7) is 7.83. The normalized spacial score (nSPS) is 25.2. The van der Waals surface area contributed by atoms with Crippen LogP contribution < -0.4 is 21.0 Å². The lowest BCUT2D eigenvalue weighted by molar-refractivity contribution is -0.374. The zero-order chi connectivity index (χ0) is 82.9. The number of rotatable bonds is 32. The fourth-order valence-electron chi connectivity index (χ4n) is 15.0. The molecule has 33 heteroatoms. The summed E-state index contributed by atoms with van der Waals surface area (Å²) < 4.78 is 103. The first-order valence-electron chi connectivity index (χ1n) is 37.9. The third-order valence-electron chi connectivity index (χ3n) is 20.2. The highest BCUT2D eigenvalue weighted by molar-refractivity contribution is 6.99. The maximum atomic E-state index is 15.5. The molecule has 0 radical (unpaired) electrons. The van der Waals surface area contributed by atoms with Crippen LogP contribution in [-0.2, 0) is 98.3 Å². The predicted molar refractivity (Wildman–Crippen MR) is 436 cm³/mol. The SMILES string of the molecule is C=CCO[C@H]1O[C@@H]2COC(c3ccccc3)O[C@H]2[C@H](O[C@@H]2O[C@H](COC(=O)CCC(C)=O)[C@@H](O[C@@H]3O[C@H](CO[Si](c4ccccc4)(c4ccccc4)C(C)(C)C)[C@@H](OCc4ccccc4)[C@H](OCc4ccccc4)[C@H]3OC(=O)OCC3c4ccccc4-c4ccccc43)[C@H](N=[N+]=[N-])[C@H]2NC(=O)OCC(Cl)(Cl)Cl)[C@H]1NC(=O)OCC(Cl)(Cl)Cl. The van der Waals surface area contributed by atoms with Gasteiger partial charge in [0.05, 0.1) is 51.5 Å². The van der Waals surface area contributed by atoms with Crippen molar-refractivity contribution in [2.75, 3.05) is 46.2 Å². The van der Waals surface area contributed by atoms with Gasteiger partial charge in [0.2, 0.25) is 7.59 Å². The van der Waals surface area contributed by atoms with E-state index in [2.05, 4.69) is 48.0 Å². The van der Waals surface area contributed by atoms with E-state index in [1.807, 2.05) is 170 Å². The molecule has 26 nitrogen and oxygen atoms in total. The number of nitrogens with one attached hydrogen (secondary N) is 2. The van der Waals surface area contributed by atoms with Gasteiger partial charge in [-0.1, -0.05) is 302 Å². The van der Waals surface area contributed by atoms with Crippen molar-refractivity contribution in [1.82, 2.24) is 10.6 Å². The number of halogens is 6. The Bertz CT molecular complexity index is 4420. The van der Waals surface area contributed by atoms with Crippen LogP contribution in [0.3, 0.4) is 0 Å². The summed E-state index contributed by atoms with van der Waals surface area (Å²) in [5.74, 6) is -1.72. The van der Waals surface area contributed by atoms with E-state index in [0.717, 1.165) is 38.2 Å². The zero-order valence-corrected chi connectivity index (χ0v) is 69.6. The molecule has 5 aliphatic rings. The summed E-state index contributed by atoms with van der Waals surface area (Å²) in [6, 6.07) is 57.2. The second kappa shape index (κ2) is 40.9.